The first-order valence-electron chi connectivity index (χ1n) is 11.4. The zero-order chi connectivity index (χ0) is 22.8. The summed E-state index contributed by atoms with van der Waals surface area (Å²) in [5.74, 6) is -0.0780. The molecule has 1 aliphatic rings. The van der Waals surface area contributed by atoms with Crippen LogP contribution in [-0.4, -0.2) is 51.3 Å². The number of pyridine rings is 1. The van der Waals surface area contributed by atoms with Gasteiger partial charge < -0.3 is 10.1 Å². The second kappa shape index (κ2) is 9.38. The van der Waals surface area contributed by atoms with E-state index in [1.165, 1.54) is 11.3 Å². The average molecular weight is 436 g/mol. The monoisotopic (exact) mass is 435 g/mol. The normalized spacial score (nSPS) is 17.2. The van der Waals surface area contributed by atoms with E-state index in [0.717, 1.165) is 48.5 Å². The molecule has 1 aliphatic heterocycles. The minimum Gasteiger partial charge on any atom is -0.369 e. The molecule has 1 saturated heterocycles. The molecule has 32 heavy (non-hydrogen) atoms. The molecule has 2 aromatic heterocycles. The van der Waals surface area contributed by atoms with E-state index in [1.54, 1.807) is 0 Å². The second-order valence-electron chi connectivity index (χ2n) is 8.80. The Bertz CT molecular complexity index is 1120. The number of aromatic nitrogens is 3. The van der Waals surface area contributed by atoms with Gasteiger partial charge in [0.25, 0.3) is 5.91 Å². The van der Waals surface area contributed by atoms with E-state index < -0.39 is 0 Å². The molecule has 0 spiro atoms. The highest BCUT2D eigenvalue weighted by atomic mass is 16.5. The van der Waals surface area contributed by atoms with Crippen LogP contribution < -0.4 is 5.32 Å². The van der Waals surface area contributed by atoms with Gasteiger partial charge in [-0.2, -0.15) is 5.10 Å². The van der Waals surface area contributed by atoms with Crippen molar-refractivity contribution in [3.63, 3.8) is 0 Å². The molecule has 1 amide bonds. The molecular formula is C25H33N5O2. The maximum atomic E-state index is 12.9. The van der Waals surface area contributed by atoms with Crippen molar-refractivity contribution >= 4 is 16.8 Å². The summed E-state index contributed by atoms with van der Waals surface area (Å²) < 4.78 is 8.19. The number of hydrogen-bond acceptors (Lipinski definition) is 5. The van der Waals surface area contributed by atoms with E-state index >= 15 is 0 Å². The summed E-state index contributed by atoms with van der Waals surface area (Å²) in [6, 6.07) is 9.77. The molecule has 3 aromatic rings. The molecule has 3 heterocycles. The average Bonchev–Trinajstić information content (AvgIpc) is 3.05. The third-order valence-electron chi connectivity index (χ3n) is 6.09. The van der Waals surface area contributed by atoms with E-state index in [9.17, 15) is 4.79 Å². The Morgan fingerprint density at radius 2 is 2.06 bits per heavy atom. The Kier molecular flexibility index (Phi) is 6.58. The lowest BCUT2D eigenvalue weighted by atomic mass is 10.0. The van der Waals surface area contributed by atoms with Crippen molar-refractivity contribution in [3.05, 3.63) is 58.5 Å². The predicted octanol–water partition coefficient (Wildman–Crippen LogP) is 3.78. The van der Waals surface area contributed by atoms with Gasteiger partial charge >= 0.3 is 0 Å². The summed E-state index contributed by atoms with van der Waals surface area (Å²) in [6.07, 6.45) is -0.180. The van der Waals surface area contributed by atoms with Gasteiger partial charge in [-0.1, -0.05) is 18.2 Å². The second-order valence-corrected chi connectivity index (χ2v) is 8.80. The Hall–Kier alpha value is -2.77. The summed E-state index contributed by atoms with van der Waals surface area (Å²) in [7, 11) is 0. The fourth-order valence-electron chi connectivity index (χ4n) is 4.41. The van der Waals surface area contributed by atoms with Crippen molar-refractivity contribution in [2.75, 3.05) is 19.7 Å². The van der Waals surface area contributed by atoms with Crippen LogP contribution in [0.1, 0.15) is 59.9 Å². The number of nitrogens with one attached hydrogen (secondary N) is 1. The number of aryl methyl sites for hydroxylation is 2. The van der Waals surface area contributed by atoms with Gasteiger partial charge in [0.2, 0.25) is 0 Å². The summed E-state index contributed by atoms with van der Waals surface area (Å²) in [5, 5.41) is 8.54. The smallest absolute Gasteiger partial charge is 0.252 e. The van der Waals surface area contributed by atoms with Crippen molar-refractivity contribution in [2.45, 2.75) is 59.9 Å². The molecule has 1 fully saturated rings. The lowest BCUT2D eigenvalue weighted by molar-refractivity contribution is -0.0349. The number of morpholine rings is 1. The maximum absolute atomic E-state index is 12.9. The van der Waals surface area contributed by atoms with Crippen LogP contribution in [-0.2, 0) is 17.8 Å². The lowest BCUT2D eigenvalue weighted by Crippen LogP contribution is -2.38. The van der Waals surface area contributed by atoms with Crippen LogP contribution >= 0.6 is 0 Å². The minimum atomic E-state index is -0.180. The number of carbonyl (C=O) groups is 1. The number of para-hydroxylation sites is 1. The van der Waals surface area contributed by atoms with Gasteiger partial charge in [0, 0.05) is 48.9 Å². The van der Waals surface area contributed by atoms with Gasteiger partial charge in [-0.25, -0.2) is 4.98 Å². The number of benzene rings is 1. The van der Waals surface area contributed by atoms with Crippen molar-refractivity contribution in [2.24, 2.45) is 0 Å². The van der Waals surface area contributed by atoms with Crippen LogP contribution in [0.4, 0.5) is 0 Å². The first-order chi connectivity index (χ1) is 15.4. The molecule has 1 N–H and O–H groups in total. The van der Waals surface area contributed by atoms with Gasteiger partial charge in [0.15, 0.2) is 0 Å². The SMILES string of the molecule is CCn1nc(C)c(CN2CCOC(c3cc(C(=O)NC(C)C)c4ccccc4n3)C2)c1C. The molecule has 7 heteroatoms. The van der Waals surface area contributed by atoms with Crippen molar-refractivity contribution in [1.29, 1.82) is 0 Å². The number of rotatable bonds is 6. The highest BCUT2D eigenvalue weighted by molar-refractivity contribution is 6.06. The number of fused-ring (bicyclic) bond motifs is 1. The van der Waals surface area contributed by atoms with E-state index in [1.807, 2.05) is 44.2 Å². The molecule has 0 radical (unpaired) electrons. The zero-order valence-corrected chi connectivity index (χ0v) is 19.7. The first-order valence-corrected chi connectivity index (χ1v) is 11.4. The van der Waals surface area contributed by atoms with Gasteiger partial charge in [0.05, 0.1) is 29.1 Å². The fourth-order valence-corrected chi connectivity index (χ4v) is 4.41. The van der Waals surface area contributed by atoms with Crippen molar-refractivity contribution in [1.82, 2.24) is 25.0 Å². The largest absolute Gasteiger partial charge is 0.369 e. The molecule has 170 valence electrons. The Balaban J connectivity index is 1.61. The van der Waals surface area contributed by atoms with Crippen LogP contribution in [0.25, 0.3) is 10.9 Å². The Labute approximate surface area is 189 Å². The summed E-state index contributed by atoms with van der Waals surface area (Å²) in [6.45, 7) is 14.2. The highest BCUT2D eigenvalue weighted by Gasteiger charge is 2.26. The lowest BCUT2D eigenvalue weighted by Gasteiger charge is -2.33. The molecule has 0 aliphatic carbocycles. The first kappa shape index (κ1) is 22.4. The third-order valence-corrected chi connectivity index (χ3v) is 6.09. The van der Waals surface area contributed by atoms with E-state index in [4.69, 9.17) is 9.72 Å². The van der Waals surface area contributed by atoms with E-state index in [0.29, 0.717) is 12.2 Å². The Morgan fingerprint density at radius 3 is 2.78 bits per heavy atom. The van der Waals surface area contributed by atoms with Gasteiger partial charge in [0.1, 0.15) is 6.10 Å². The number of carbonyl (C=O) groups excluding carboxylic acids is 1. The van der Waals surface area contributed by atoms with Crippen molar-refractivity contribution < 1.29 is 9.53 Å². The van der Waals surface area contributed by atoms with Crippen LogP contribution in [0.3, 0.4) is 0 Å². The van der Waals surface area contributed by atoms with Gasteiger partial charge in [-0.15, -0.1) is 0 Å². The van der Waals surface area contributed by atoms with Crippen LogP contribution in [0, 0.1) is 13.8 Å². The molecule has 0 bridgehead atoms. The summed E-state index contributed by atoms with van der Waals surface area (Å²) in [5.41, 5.74) is 5.87. The number of hydrogen-bond donors (Lipinski definition) is 1. The van der Waals surface area contributed by atoms with Gasteiger partial charge in [-0.05, 0) is 46.8 Å². The van der Waals surface area contributed by atoms with Crippen LogP contribution in [0.5, 0.6) is 0 Å². The molecule has 4 rings (SSSR count). The third kappa shape index (κ3) is 4.54. The topological polar surface area (TPSA) is 72.3 Å². The van der Waals surface area contributed by atoms with Crippen molar-refractivity contribution in [3.8, 4) is 0 Å². The minimum absolute atomic E-state index is 0.0646. The number of nitrogens with zero attached hydrogens (tertiary/aromatic N) is 4. The number of amides is 1. The summed E-state index contributed by atoms with van der Waals surface area (Å²) >= 11 is 0. The highest BCUT2D eigenvalue weighted by Crippen LogP contribution is 2.27. The zero-order valence-electron chi connectivity index (χ0n) is 19.7. The molecule has 1 aromatic carbocycles. The predicted molar refractivity (Wildman–Crippen MR) is 126 cm³/mol. The fraction of sp³-hybridized carbons (Fsp3) is 0.480. The standard InChI is InChI=1S/C25H33N5O2/c1-6-30-18(5)21(17(4)28-30)14-29-11-12-32-24(15-29)23-13-20(25(31)26-16(2)3)19-9-7-8-10-22(19)27-23/h7-10,13,16,24H,6,11-12,14-15H2,1-5H3,(H,26,31). The van der Waals surface area contributed by atoms with E-state index in [2.05, 4.69) is 40.8 Å². The molecule has 0 saturated carbocycles. The van der Waals surface area contributed by atoms with Crippen LogP contribution in [0.15, 0.2) is 30.3 Å². The number of ether oxygens (including phenoxy) is 1. The van der Waals surface area contributed by atoms with E-state index in [-0.39, 0.29) is 18.1 Å². The molecule has 7 nitrogen and oxygen atoms in total. The molecule has 1 unspecified atom stereocenters. The van der Waals surface area contributed by atoms with Gasteiger partial charge in [-0.3, -0.25) is 14.4 Å². The summed E-state index contributed by atoms with van der Waals surface area (Å²) in [4.78, 5) is 20.2. The maximum Gasteiger partial charge on any atom is 0.252 e. The molecular weight excluding hydrogens is 402 g/mol. The quantitative estimate of drug-likeness (QED) is 0.638. The molecule has 1 atom stereocenters. The Morgan fingerprint density at radius 1 is 1.28 bits per heavy atom. The van der Waals surface area contributed by atoms with Crippen LogP contribution in [0.2, 0.25) is 0 Å².